The van der Waals surface area contributed by atoms with Gasteiger partial charge in [-0.25, -0.2) is 26.4 Å². The van der Waals surface area contributed by atoms with Crippen LogP contribution < -0.4 is 11.1 Å². The van der Waals surface area contributed by atoms with E-state index >= 15 is 0 Å². The van der Waals surface area contributed by atoms with Gasteiger partial charge >= 0.3 is 6.09 Å². The highest BCUT2D eigenvalue weighted by Gasteiger charge is 2.44. The molecule has 3 N–H and O–H groups in total. The first-order valence-electron chi connectivity index (χ1n) is 13.2. The molecule has 3 aliphatic rings. The maximum absolute atomic E-state index is 14.1. The van der Waals surface area contributed by atoms with E-state index in [0.29, 0.717) is 24.5 Å². The molecule has 40 heavy (non-hydrogen) atoms. The van der Waals surface area contributed by atoms with Crippen LogP contribution in [0.4, 0.5) is 18.0 Å². The fraction of sp³-hybridized carbons (Fsp3) is 0.429. The molecule has 8 nitrogen and oxygen atoms in total. The molecule has 0 aromatic heterocycles. The maximum Gasteiger partial charge on any atom is 0.407 e. The molecule has 3 aliphatic heterocycles. The number of halogens is 3. The van der Waals surface area contributed by atoms with Gasteiger partial charge in [0.2, 0.25) is 15.7 Å². The Bertz CT molecular complexity index is 1450. The normalized spacial score (nSPS) is 23.4. The molecule has 1 unspecified atom stereocenters. The second-order valence-electron chi connectivity index (χ2n) is 10.5. The first-order valence-corrected chi connectivity index (χ1v) is 14.7. The minimum atomic E-state index is -3.69. The van der Waals surface area contributed by atoms with Crippen LogP contribution >= 0.6 is 0 Å². The van der Waals surface area contributed by atoms with E-state index in [0.717, 1.165) is 18.9 Å². The molecule has 4 atom stereocenters. The van der Waals surface area contributed by atoms with Crippen molar-refractivity contribution in [1.82, 2.24) is 10.2 Å². The van der Waals surface area contributed by atoms with Crippen LogP contribution in [0.5, 0.6) is 0 Å². The van der Waals surface area contributed by atoms with Crippen LogP contribution in [0.2, 0.25) is 0 Å². The summed E-state index contributed by atoms with van der Waals surface area (Å²) in [5.74, 6) is -3.32. The van der Waals surface area contributed by atoms with Gasteiger partial charge in [0.15, 0.2) is 11.6 Å². The summed E-state index contributed by atoms with van der Waals surface area (Å²) in [6.07, 6.45) is 3.62. The summed E-state index contributed by atoms with van der Waals surface area (Å²) in [5.41, 5.74) is 6.92. The zero-order chi connectivity index (χ0) is 28.6. The number of fused-ring (bicyclic) bond motifs is 3. The Balaban J connectivity index is 1.08. The van der Waals surface area contributed by atoms with E-state index in [-0.39, 0.29) is 58.7 Å². The summed E-state index contributed by atoms with van der Waals surface area (Å²) in [4.78, 5) is 27.1. The van der Waals surface area contributed by atoms with Crippen molar-refractivity contribution in [2.45, 2.75) is 61.5 Å². The SMILES string of the molecule is NC(Cc1cc(F)c(F)cc1F)[C@@H]1C[C@H]2CC[C@@H](C1)N2C(=O)CCNC(=O)OCC1=Cc2ccccc2S1(=O)=O. The second kappa shape index (κ2) is 11.2. The van der Waals surface area contributed by atoms with Crippen LogP contribution in [-0.4, -0.2) is 56.6 Å². The molecule has 5 rings (SSSR count). The van der Waals surface area contributed by atoms with Gasteiger partial charge < -0.3 is 20.7 Å². The number of alkyl carbamates (subject to hydrolysis) is 1. The molecule has 2 amide bonds. The van der Waals surface area contributed by atoms with E-state index < -0.39 is 46.0 Å². The standard InChI is InChI=1S/C28H30F3N3O5S/c29-22-14-24(31)23(30)12-17(22)13-25(32)18-9-19-5-6-20(10-18)34(19)27(35)7-8-33-28(36)39-15-21-11-16-3-1-2-4-26(16)40(21,37)38/h1-4,11-12,14,18-20,25H,5-10,13,15,32H2,(H,33,36)/t18-,19-,20+,25?. The third-order valence-corrected chi connectivity index (χ3v) is 9.91. The molecular weight excluding hydrogens is 547 g/mol. The maximum atomic E-state index is 14.1. The number of amides is 2. The summed E-state index contributed by atoms with van der Waals surface area (Å²) in [5, 5.41) is 2.50. The Kier molecular flexibility index (Phi) is 7.92. The van der Waals surface area contributed by atoms with E-state index in [1.54, 1.807) is 18.2 Å². The average Bonchev–Trinajstić information content (AvgIpc) is 3.33. The topological polar surface area (TPSA) is 119 Å². The van der Waals surface area contributed by atoms with Gasteiger partial charge in [-0.3, -0.25) is 4.79 Å². The van der Waals surface area contributed by atoms with Gasteiger partial charge in [0, 0.05) is 37.2 Å². The average molecular weight is 578 g/mol. The number of hydrogen-bond donors (Lipinski definition) is 2. The zero-order valence-corrected chi connectivity index (χ0v) is 22.4. The first-order chi connectivity index (χ1) is 19.0. The van der Waals surface area contributed by atoms with Gasteiger partial charge in [-0.2, -0.15) is 0 Å². The molecule has 12 heteroatoms. The smallest absolute Gasteiger partial charge is 0.407 e. The number of carbonyl (C=O) groups is 2. The van der Waals surface area contributed by atoms with Gasteiger partial charge in [-0.15, -0.1) is 0 Å². The number of hydrogen-bond acceptors (Lipinski definition) is 6. The highest BCUT2D eigenvalue weighted by molar-refractivity contribution is 7.95. The van der Waals surface area contributed by atoms with Gasteiger partial charge in [0.05, 0.1) is 9.80 Å². The molecule has 0 radical (unpaired) electrons. The molecule has 3 heterocycles. The number of nitrogens with zero attached hydrogens (tertiary/aromatic N) is 1. The summed E-state index contributed by atoms with van der Waals surface area (Å²) < 4.78 is 71.1. The summed E-state index contributed by atoms with van der Waals surface area (Å²) in [6.45, 7) is -0.388. The van der Waals surface area contributed by atoms with Crippen molar-refractivity contribution >= 4 is 27.9 Å². The molecule has 0 saturated carbocycles. The predicted octanol–water partition coefficient (Wildman–Crippen LogP) is 3.69. The molecule has 2 bridgehead atoms. The van der Waals surface area contributed by atoms with Crippen LogP contribution in [0.15, 0.2) is 46.2 Å². The zero-order valence-electron chi connectivity index (χ0n) is 21.6. The van der Waals surface area contributed by atoms with E-state index in [1.165, 1.54) is 12.1 Å². The lowest BCUT2D eigenvalue weighted by Gasteiger charge is -2.41. The first kappa shape index (κ1) is 28.2. The number of carbonyl (C=O) groups excluding carboxylic acids is 2. The lowest BCUT2D eigenvalue weighted by molar-refractivity contribution is -0.136. The largest absolute Gasteiger partial charge is 0.444 e. The van der Waals surface area contributed by atoms with Crippen molar-refractivity contribution in [3.8, 4) is 0 Å². The molecule has 214 valence electrons. The third kappa shape index (κ3) is 5.60. The van der Waals surface area contributed by atoms with E-state index in [1.807, 2.05) is 4.90 Å². The van der Waals surface area contributed by atoms with Crippen molar-refractivity contribution in [1.29, 1.82) is 0 Å². The highest BCUT2D eigenvalue weighted by atomic mass is 32.2. The second-order valence-corrected chi connectivity index (χ2v) is 12.5. The van der Waals surface area contributed by atoms with E-state index in [4.69, 9.17) is 10.5 Å². The number of benzene rings is 2. The lowest BCUT2D eigenvalue weighted by Crippen LogP contribution is -2.50. The number of piperidine rings is 1. The van der Waals surface area contributed by atoms with E-state index in [9.17, 15) is 31.2 Å². The number of sulfone groups is 1. The summed E-state index contributed by atoms with van der Waals surface area (Å²) >= 11 is 0. The van der Waals surface area contributed by atoms with Crippen molar-refractivity contribution in [2.24, 2.45) is 11.7 Å². The summed E-state index contributed by atoms with van der Waals surface area (Å²) in [6, 6.07) is 7.34. The van der Waals surface area contributed by atoms with Crippen LogP contribution in [0.3, 0.4) is 0 Å². The highest BCUT2D eigenvalue weighted by Crippen LogP contribution is 2.40. The Morgan fingerprint density at radius 1 is 1.05 bits per heavy atom. The third-order valence-electron chi connectivity index (χ3n) is 8.03. The molecule has 2 saturated heterocycles. The molecule has 0 aliphatic carbocycles. The number of nitrogens with two attached hydrogens (primary N) is 1. The number of ether oxygens (including phenoxy) is 1. The summed E-state index contributed by atoms with van der Waals surface area (Å²) in [7, 11) is -3.69. The lowest BCUT2D eigenvalue weighted by atomic mass is 9.82. The fourth-order valence-electron chi connectivity index (χ4n) is 6.06. The van der Waals surface area contributed by atoms with Gasteiger partial charge in [-0.05, 0) is 67.4 Å². The van der Waals surface area contributed by atoms with Crippen LogP contribution in [0.1, 0.15) is 43.2 Å². The van der Waals surface area contributed by atoms with Crippen molar-refractivity contribution in [3.63, 3.8) is 0 Å². The van der Waals surface area contributed by atoms with Crippen molar-refractivity contribution in [2.75, 3.05) is 13.2 Å². The monoisotopic (exact) mass is 577 g/mol. The van der Waals surface area contributed by atoms with Gasteiger partial charge in [-0.1, -0.05) is 18.2 Å². The van der Waals surface area contributed by atoms with Crippen LogP contribution in [0, 0.1) is 23.4 Å². The van der Waals surface area contributed by atoms with Gasteiger partial charge in [0.25, 0.3) is 0 Å². The predicted molar refractivity (Wildman–Crippen MR) is 140 cm³/mol. The minimum Gasteiger partial charge on any atom is -0.444 e. The van der Waals surface area contributed by atoms with Crippen LogP contribution in [0.25, 0.3) is 6.08 Å². The van der Waals surface area contributed by atoms with E-state index in [2.05, 4.69) is 5.32 Å². The van der Waals surface area contributed by atoms with Crippen LogP contribution in [-0.2, 0) is 25.8 Å². The Labute approximate surface area is 230 Å². The minimum absolute atomic E-state index is 0.00511. The molecule has 2 aromatic rings. The molecule has 0 spiro atoms. The fourth-order valence-corrected chi connectivity index (χ4v) is 7.53. The van der Waals surface area contributed by atoms with Gasteiger partial charge in [0.1, 0.15) is 12.4 Å². The molecule has 2 aromatic carbocycles. The molecular formula is C28H30F3N3O5S. The Morgan fingerprint density at radius 2 is 1.73 bits per heavy atom. The Hall–Kier alpha value is -3.38. The Morgan fingerprint density at radius 3 is 2.42 bits per heavy atom. The van der Waals surface area contributed by atoms with Crippen molar-refractivity contribution < 1.29 is 35.9 Å². The number of nitrogens with one attached hydrogen (secondary N) is 1. The molecule has 2 fully saturated rings. The quantitative estimate of drug-likeness (QED) is 0.462. The van der Waals surface area contributed by atoms with Crippen molar-refractivity contribution in [3.05, 3.63) is 69.9 Å². The number of rotatable bonds is 8.